The average Bonchev–Trinajstić information content (AvgIpc) is 2.43. The summed E-state index contributed by atoms with van der Waals surface area (Å²) in [6.07, 6.45) is 0. The Morgan fingerprint density at radius 3 is 2.62 bits per heavy atom. The standard InChI is InChI=1S/C17H19ClN2O/c1-11-7-8-12(2)16(9-11)19-13(3)17(21)20-15-6-4-5-14(18)10-15/h4-10,13,19H,1-3H3,(H,20,21)/t13-/m1/s1. The minimum absolute atomic E-state index is 0.0989. The maximum atomic E-state index is 12.2. The monoisotopic (exact) mass is 302 g/mol. The summed E-state index contributed by atoms with van der Waals surface area (Å²) in [6.45, 7) is 5.88. The molecule has 2 N–H and O–H groups in total. The van der Waals surface area contributed by atoms with Gasteiger partial charge in [-0.05, 0) is 56.2 Å². The van der Waals surface area contributed by atoms with Crippen LogP contribution in [0, 0.1) is 13.8 Å². The van der Waals surface area contributed by atoms with Crippen molar-refractivity contribution in [3.05, 3.63) is 58.6 Å². The normalized spacial score (nSPS) is 11.8. The molecule has 0 spiro atoms. The van der Waals surface area contributed by atoms with Gasteiger partial charge < -0.3 is 10.6 Å². The van der Waals surface area contributed by atoms with Crippen LogP contribution in [0.1, 0.15) is 18.1 Å². The molecule has 0 aliphatic heterocycles. The number of carbonyl (C=O) groups excluding carboxylic acids is 1. The molecule has 0 unspecified atom stereocenters. The molecular weight excluding hydrogens is 284 g/mol. The number of amides is 1. The smallest absolute Gasteiger partial charge is 0.246 e. The number of anilines is 2. The second-order valence-corrected chi connectivity index (χ2v) is 5.62. The van der Waals surface area contributed by atoms with E-state index >= 15 is 0 Å². The van der Waals surface area contributed by atoms with E-state index in [9.17, 15) is 4.79 Å². The van der Waals surface area contributed by atoms with Crippen LogP contribution in [-0.2, 0) is 4.79 Å². The van der Waals surface area contributed by atoms with Crippen LogP contribution in [0.2, 0.25) is 5.02 Å². The van der Waals surface area contributed by atoms with Gasteiger partial charge >= 0.3 is 0 Å². The van der Waals surface area contributed by atoms with E-state index < -0.39 is 0 Å². The van der Waals surface area contributed by atoms with Crippen molar-refractivity contribution in [2.24, 2.45) is 0 Å². The first-order valence-electron chi connectivity index (χ1n) is 6.86. The molecule has 21 heavy (non-hydrogen) atoms. The first-order valence-corrected chi connectivity index (χ1v) is 7.24. The van der Waals surface area contributed by atoms with Crippen molar-refractivity contribution < 1.29 is 4.79 Å². The molecule has 0 fully saturated rings. The van der Waals surface area contributed by atoms with Crippen LogP contribution in [0.15, 0.2) is 42.5 Å². The van der Waals surface area contributed by atoms with Gasteiger partial charge in [0.05, 0.1) is 0 Å². The fourth-order valence-corrected chi connectivity index (χ4v) is 2.20. The van der Waals surface area contributed by atoms with Crippen LogP contribution < -0.4 is 10.6 Å². The van der Waals surface area contributed by atoms with Crippen LogP contribution in [0.4, 0.5) is 11.4 Å². The number of carbonyl (C=O) groups is 1. The highest BCUT2D eigenvalue weighted by molar-refractivity contribution is 6.30. The van der Waals surface area contributed by atoms with Gasteiger partial charge in [-0.2, -0.15) is 0 Å². The van der Waals surface area contributed by atoms with Crippen molar-refractivity contribution in [3.8, 4) is 0 Å². The molecule has 0 aliphatic rings. The summed E-state index contributed by atoms with van der Waals surface area (Å²) in [5.41, 5.74) is 3.94. The highest BCUT2D eigenvalue weighted by Gasteiger charge is 2.13. The van der Waals surface area contributed by atoms with Crippen LogP contribution in [0.3, 0.4) is 0 Å². The van der Waals surface area contributed by atoms with Crippen molar-refractivity contribution in [1.82, 2.24) is 0 Å². The van der Waals surface area contributed by atoms with Crippen LogP contribution in [-0.4, -0.2) is 11.9 Å². The molecule has 2 rings (SSSR count). The molecule has 0 saturated carbocycles. The van der Waals surface area contributed by atoms with E-state index in [-0.39, 0.29) is 11.9 Å². The van der Waals surface area contributed by atoms with E-state index in [1.165, 1.54) is 0 Å². The third-order valence-electron chi connectivity index (χ3n) is 3.25. The fourth-order valence-electron chi connectivity index (χ4n) is 2.01. The Kier molecular flexibility index (Phi) is 4.86. The minimum atomic E-state index is -0.343. The summed E-state index contributed by atoms with van der Waals surface area (Å²) in [4.78, 5) is 12.2. The number of rotatable bonds is 4. The largest absolute Gasteiger partial charge is 0.374 e. The lowest BCUT2D eigenvalue weighted by Crippen LogP contribution is -2.32. The average molecular weight is 303 g/mol. The van der Waals surface area contributed by atoms with E-state index in [0.717, 1.165) is 16.8 Å². The summed E-state index contributed by atoms with van der Waals surface area (Å²) in [6, 6.07) is 12.9. The first-order chi connectivity index (χ1) is 9.95. The van der Waals surface area contributed by atoms with Crippen molar-refractivity contribution in [2.45, 2.75) is 26.8 Å². The Bertz CT molecular complexity index is 655. The molecule has 0 aliphatic carbocycles. The van der Waals surface area contributed by atoms with Crippen LogP contribution >= 0.6 is 11.6 Å². The van der Waals surface area contributed by atoms with Gasteiger partial charge in [0.2, 0.25) is 5.91 Å². The van der Waals surface area contributed by atoms with Crippen LogP contribution in [0.25, 0.3) is 0 Å². The minimum Gasteiger partial charge on any atom is -0.374 e. The highest BCUT2D eigenvalue weighted by Crippen LogP contribution is 2.18. The maximum Gasteiger partial charge on any atom is 0.246 e. The zero-order valence-electron chi connectivity index (χ0n) is 12.4. The van der Waals surface area contributed by atoms with Crippen molar-refractivity contribution in [2.75, 3.05) is 10.6 Å². The SMILES string of the molecule is Cc1ccc(C)c(N[C@H](C)C(=O)Nc2cccc(Cl)c2)c1. The third kappa shape index (κ3) is 4.23. The molecule has 0 heterocycles. The molecule has 1 atom stereocenters. The van der Waals surface area contributed by atoms with Gasteiger partial charge in [0.25, 0.3) is 0 Å². The van der Waals surface area contributed by atoms with E-state index in [0.29, 0.717) is 10.7 Å². The van der Waals surface area contributed by atoms with Gasteiger partial charge in [0.1, 0.15) is 6.04 Å². The quantitative estimate of drug-likeness (QED) is 0.879. The zero-order valence-corrected chi connectivity index (χ0v) is 13.2. The van der Waals surface area contributed by atoms with Gasteiger partial charge in [0.15, 0.2) is 0 Å². The number of benzene rings is 2. The Labute approximate surface area is 130 Å². The molecule has 0 radical (unpaired) electrons. The van der Waals surface area contributed by atoms with Gasteiger partial charge in [-0.15, -0.1) is 0 Å². The Morgan fingerprint density at radius 1 is 1.14 bits per heavy atom. The maximum absolute atomic E-state index is 12.2. The van der Waals surface area contributed by atoms with Crippen molar-refractivity contribution >= 4 is 28.9 Å². The lowest BCUT2D eigenvalue weighted by Gasteiger charge is -2.17. The molecule has 0 saturated heterocycles. The van der Waals surface area contributed by atoms with Gasteiger partial charge in [0, 0.05) is 16.4 Å². The number of hydrogen-bond acceptors (Lipinski definition) is 2. The molecule has 110 valence electrons. The fraction of sp³-hybridized carbons (Fsp3) is 0.235. The lowest BCUT2D eigenvalue weighted by molar-refractivity contribution is -0.116. The Hall–Kier alpha value is -2.00. The topological polar surface area (TPSA) is 41.1 Å². The second-order valence-electron chi connectivity index (χ2n) is 5.18. The van der Waals surface area contributed by atoms with Gasteiger partial charge in [-0.1, -0.05) is 29.8 Å². The second kappa shape index (κ2) is 6.64. The van der Waals surface area contributed by atoms with E-state index in [4.69, 9.17) is 11.6 Å². The molecular formula is C17H19ClN2O. The van der Waals surface area contributed by atoms with Gasteiger partial charge in [-0.3, -0.25) is 4.79 Å². The Morgan fingerprint density at radius 2 is 1.90 bits per heavy atom. The predicted molar refractivity (Wildman–Crippen MR) is 89.1 cm³/mol. The predicted octanol–water partition coefficient (Wildman–Crippen LogP) is 4.40. The zero-order chi connectivity index (χ0) is 15.4. The summed E-state index contributed by atoms with van der Waals surface area (Å²) >= 11 is 5.91. The first kappa shape index (κ1) is 15.4. The summed E-state index contributed by atoms with van der Waals surface area (Å²) in [5.74, 6) is -0.0989. The summed E-state index contributed by atoms with van der Waals surface area (Å²) in [7, 11) is 0. The summed E-state index contributed by atoms with van der Waals surface area (Å²) in [5, 5.41) is 6.69. The van der Waals surface area contributed by atoms with Crippen LogP contribution in [0.5, 0.6) is 0 Å². The van der Waals surface area contributed by atoms with E-state index in [1.807, 2.05) is 39.0 Å². The third-order valence-corrected chi connectivity index (χ3v) is 3.49. The number of nitrogens with one attached hydrogen (secondary N) is 2. The van der Waals surface area contributed by atoms with E-state index in [1.54, 1.807) is 18.2 Å². The molecule has 3 nitrogen and oxygen atoms in total. The summed E-state index contributed by atoms with van der Waals surface area (Å²) < 4.78 is 0. The molecule has 2 aromatic rings. The van der Waals surface area contributed by atoms with E-state index in [2.05, 4.69) is 16.7 Å². The van der Waals surface area contributed by atoms with Crippen molar-refractivity contribution in [3.63, 3.8) is 0 Å². The number of halogens is 1. The lowest BCUT2D eigenvalue weighted by atomic mass is 10.1. The van der Waals surface area contributed by atoms with Crippen molar-refractivity contribution in [1.29, 1.82) is 0 Å². The van der Waals surface area contributed by atoms with Gasteiger partial charge in [-0.25, -0.2) is 0 Å². The highest BCUT2D eigenvalue weighted by atomic mass is 35.5. The molecule has 4 heteroatoms. The molecule has 0 bridgehead atoms. The molecule has 2 aromatic carbocycles. The Balaban J connectivity index is 2.04. The molecule has 0 aromatic heterocycles. The number of aryl methyl sites for hydroxylation is 2. The molecule has 1 amide bonds. The number of hydrogen-bond donors (Lipinski definition) is 2.